The van der Waals surface area contributed by atoms with E-state index in [0.29, 0.717) is 18.0 Å². The zero-order valence-corrected chi connectivity index (χ0v) is 17.6. The number of hydrogen-bond acceptors (Lipinski definition) is 3. The van der Waals surface area contributed by atoms with Gasteiger partial charge in [-0.15, -0.1) is 5.92 Å². The first-order valence-electron chi connectivity index (χ1n) is 9.07. The highest BCUT2D eigenvalue weighted by atomic mass is 79.9. The van der Waals surface area contributed by atoms with Crippen molar-refractivity contribution in [2.45, 2.75) is 44.5 Å². The molecule has 0 N–H and O–H groups in total. The van der Waals surface area contributed by atoms with Gasteiger partial charge in [-0.05, 0) is 49.6 Å². The van der Waals surface area contributed by atoms with Crippen molar-refractivity contribution in [3.05, 3.63) is 65.2 Å². The van der Waals surface area contributed by atoms with Crippen LogP contribution in [0.1, 0.15) is 54.6 Å². The summed E-state index contributed by atoms with van der Waals surface area (Å²) >= 11 is 3.57. The van der Waals surface area contributed by atoms with Gasteiger partial charge in [0.15, 0.2) is 0 Å². The summed E-state index contributed by atoms with van der Waals surface area (Å²) in [5.41, 5.74) is 3.35. The van der Waals surface area contributed by atoms with E-state index < -0.39 is 0 Å². The van der Waals surface area contributed by atoms with Gasteiger partial charge in [-0.3, -0.25) is 4.79 Å². The predicted octanol–water partition coefficient (Wildman–Crippen LogP) is 5.78. The third kappa shape index (κ3) is 6.77. The molecule has 4 heteroatoms. The number of carbonyl (C=O) groups excluding carboxylic acids is 1. The normalized spacial score (nSPS) is 12.4. The highest BCUT2D eigenvalue weighted by Crippen LogP contribution is 2.24. The van der Waals surface area contributed by atoms with Crippen molar-refractivity contribution in [3.8, 4) is 17.6 Å². The molecule has 0 aromatic heterocycles. The van der Waals surface area contributed by atoms with Gasteiger partial charge in [0.2, 0.25) is 0 Å². The first-order chi connectivity index (χ1) is 13.0. The van der Waals surface area contributed by atoms with Gasteiger partial charge >= 0.3 is 5.97 Å². The number of esters is 1. The van der Waals surface area contributed by atoms with E-state index >= 15 is 0 Å². The van der Waals surface area contributed by atoms with Crippen LogP contribution in [0.3, 0.4) is 0 Å². The quantitative estimate of drug-likeness (QED) is 0.303. The molecule has 3 nitrogen and oxygen atoms in total. The molecule has 2 atom stereocenters. The van der Waals surface area contributed by atoms with E-state index in [-0.39, 0.29) is 18.3 Å². The fraction of sp³-hybridized carbons (Fsp3) is 0.348. The maximum atomic E-state index is 11.8. The van der Waals surface area contributed by atoms with Gasteiger partial charge in [0, 0.05) is 4.83 Å². The molecule has 0 radical (unpaired) electrons. The summed E-state index contributed by atoms with van der Waals surface area (Å²) in [7, 11) is 0. The maximum Gasteiger partial charge on any atom is 0.307 e. The molecule has 0 fully saturated rings. The van der Waals surface area contributed by atoms with Crippen LogP contribution >= 0.6 is 15.9 Å². The first-order valence-corrected chi connectivity index (χ1v) is 9.98. The highest BCUT2D eigenvalue weighted by molar-refractivity contribution is 9.09. The molecule has 0 saturated carbocycles. The zero-order chi connectivity index (χ0) is 19.6. The average molecular weight is 429 g/mol. The van der Waals surface area contributed by atoms with E-state index in [1.54, 1.807) is 13.8 Å². The number of benzene rings is 2. The van der Waals surface area contributed by atoms with Gasteiger partial charge in [-0.2, -0.15) is 0 Å². The Hall–Kier alpha value is -2.25. The Labute approximate surface area is 170 Å². The van der Waals surface area contributed by atoms with Crippen molar-refractivity contribution in [1.29, 1.82) is 0 Å². The molecule has 2 aromatic rings. The lowest BCUT2D eigenvalue weighted by atomic mass is 9.96. The molecule has 0 amide bonds. The Morgan fingerprint density at radius 1 is 1.07 bits per heavy atom. The van der Waals surface area contributed by atoms with Crippen LogP contribution in [0.15, 0.2) is 48.5 Å². The molecule has 0 aliphatic rings. The second-order valence-corrected chi connectivity index (χ2v) is 7.54. The molecule has 27 heavy (non-hydrogen) atoms. The Morgan fingerprint density at radius 3 is 2.26 bits per heavy atom. The van der Waals surface area contributed by atoms with Crippen molar-refractivity contribution < 1.29 is 14.3 Å². The predicted molar refractivity (Wildman–Crippen MR) is 112 cm³/mol. The van der Waals surface area contributed by atoms with Crippen LogP contribution in [-0.2, 0) is 16.1 Å². The van der Waals surface area contributed by atoms with Crippen molar-refractivity contribution >= 4 is 21.9 Å². The molecular formula is C23H25BrO3. The van der Waals surface area contributed by atoms with E-state index in [2.05, 4.69) is 59.0 Å². The molecule has 0 saturated heterocycles. The van der Waals surface area contributed by atoms with E-state index in [1.165, 1.54) is 5.56 Å². The summed E-state index contributed by atoms with van der Waals surface area (Å²) in [6.07, 6.45) is 0.257. The van der Waals surface area contributed by atoms with E-state index in [9.17, 15) is 4.79 Å². The molecule has 0 spiro atoms. The molecule has 0 aliphatic carbocycles. The molecule has 0 bridgehead atoms. The number of ether oxygens (including phenoxy) is 2. The van der Waals surface area contributed by atoms with Gasteiger partial charge < -0.3 is 9.47 Å². The fourth-order valence-electron chi connectivity index (χ4n) is 2.66. The van der Waals surface area contributed by atoms with Gasteiger partial charge in [0.25, 0.3) is 0 Å². The first kappa shape index (κ1) is 21.1. The van der Waals surface area contributed by atoms with Crippen molar-refractivity contribution in [2.75, 3.05) is 6.61 Å². The molecule has 2 aromatic carbocycles. The van der Waals surface area contributed by atoms with Crippen LogP contribution in [0.5, 0.6) is 5.75 Å². The van der Waals surface area contributed by atoms with E-state index in [4.69, 9.17) is 9.47 Å². The molecule has 142 valence electrons. The molecule has 0 aliphatic heterocycles. The SMILES string of the molecule is CC#C[C@@H](CC(=O)OCC)c1ccc(OCc2ccc(C(C)Br)cc2)cc1. The second-order valence-electron chi connectivity index (χ2n) is 6.17. The molecule has 1 unspecified atom stereocenters. The summed E-state index contributed by atoms with van der Waals surface area (Å²) < 4.78 is 10.9. The van der Waals surface area contributed by atoms with Gasteiger partial charge in [0.05, 0.1) is 18.9 Å². The minimum Gasteiger partial charge on any atom is -0.489 e. The molecule has 0 heterocycles. The lowest BCUT2D eigenvalue weighted by molar-refractivity contribution is -0.143. The lowest BCUT2D eigenvalue weighted by Crippen LogP contribution is -2.09. The monoisotopic (exact) mass is 428 g/mol. The third-order valence-electron chi connectivity index (χ3n) is 4.12. The molecular weight excluding hydrogens is 404 g/mol. The Balaban J connectivity index is 1.98. The van der Waals surface area contributed by atoms with Gasteiger partial charge in [-0.25, -0.2) is 0 Å². The Morgan fingerprint density at radius 2 is 1.70 bits per heavy atom. The van der Waals surface area contributed by atoms with Crippen molar-refractivity contribution in [1.82, 2.24) is 0 Å². The van der Waals surface area contributed by atoms with Crippen molar-refractivity contribution in [3.63, 3.8) is 0 Å². The van der Waals surface area contributed by atoms with E-state index in [1.807, 2.05) is 24.3 Å². The average Bonchev–Trinajstić information content (AvgIpc) is 2.67. The highest BCUT2D eigenvalue weighted by Gasteiger charge is 2.15. The summed E-state index contributed by atoms with van der Waals surface area (Å²) in [5, 5.41) is 0. The van der Waals surface area contributed by atoms with Crippen LogP contribution in [0, 0.1) is 11.8 Å². The molecule has 2 rings (SSSR count). The maximum absolute atomic E-state index is 11.8. The lowest BCUT2D eigenvalue weighted by Gasteiger charge is -2.12. The van der Waals surface area contributed by atoms with Gasteiger partial charge in [0.1, 0.15) is 12.4 Å². The summed E-state index contributed by atoms with van der Waals surface area (Å²) in [4.78, 5) is 12.1. The number of rotatable bonds is 8. The van der Waals surface area contributed by atoms with E-state index in [0.717, 1.165) is 16.9 Å². The summed E-state index contributed by atoms with van der Waals surface area (Å²) in [6.45, 7) is 6.58. The number of carbonyl (C=O) groups is 1. The second kappa shape index (κ2) is 10.8. The number of halogens is 1. The van der Waals surface area contributed by atoms with Crippen LogP contribution < -0.4 is 4.74 Å². The minimum absolute atomic E-state index is 0.165. The van der Waals surface area contributed by atoms with Crippen LogP contribution in [0.2, 0.25) is 0 Å². The Bertz CT molecular complexity index is 783. The Kier molecular flexibility index (Phi) is 8.42. The number of alkyl halides is 1. The van der Waals surface area contributed by atoms with Crippen LogP contribution in [0.4, 0.5) is 0 Å². The van der Waals surface area contributed by atoms with Gasteiger partial charge in [-0.1, -0.05) is 58.2 Å². The topological polar surface area (TPSA) is 35.5 Å². The largest absolute Gasteiger partial charge is 0.489 e. The van der Waals surface area contributed by atoms with Crippen LogP contribution in [-0.4, -0.2) is 12.6 Å². The third-order valence-corrected chi connectivity index (χ3v) is 4.65. The summed E-state index contributed by atoms with van der Waals surface area (Å²) in [5.74, 6) is 6.37. The fourth-order valence-corrected chi connectivity index (χ4v) is 2.96. The zero-order valence-electron chi connectivity index (χ0n) is 16.0. The summed E-state index contributed by atoms with van der Waals surface area (Å²) in [6, 6.07) is 16.1. The smallest absolute Gasteiger partial charge is 0.307 e. The van der Waals surface area contributed by atoms with Crippen LogP contribution in [0.25, 0.3) is 0 Å². The standard InChI is InChI=1S/C23H25BrO3/c1-4-6-21(15-23(25)26-5-2)20-11-13-22(14-12-20)27-16-18-7-9-19(10-8-18)17(3)24/h7-14,17,21H,5,15-16H2,1-3H3/t17?,21-/m0/s1. The minimum atomic E-state index is -0.230. The number of hydrogen-bond donors (Lipinski definition) is 0. The van der Waals surface area contributed by atoms with Crippen molar-refractivity contribution in [2.24, 2.45) is 0 Å².